The normalized spacial score (nSPS) is 13.6. The fraction of sp³-hybridized carbons (Fsp3) is 0.240. The molecule has 6 nitrogen and oxygen atoms in total. The predicted molar refractivity (Wildman–Crippen MR) is 117 cm³/mol. The van der Waals surface area contributed by atoms with Crippen molar-refractivity contribution in [3.05, 3.63) is 89.2 Å². The molecule has 0 spiro atoms. The van der Waals surface area contributed by atoms with E-state index >= 15 is 0 Å². The van der Waals surface area contributed by atoms with Crippen molar-refractivity contribution in [2.45, 2.75) is 31.0 Å². The number of aliphatic carboxylic acids is 1. The molecule has 3 aromatic rings. The number of pyridine rings is 1. The lowest BCUT2D eigenvalue weighted by molar-refractivity contribution is -0.139. The van der Waals surface area contributed by atoms with Crippen molar-refractivity contribution in [3.63, 3.8) is 0 Å². The number of carboxylic acid groups (broad SMARTS) is 1. The summed E-state index contributed by atoms with van der Waals surface area (Å²) in [6.07, 6.45) is -4.10. The Hall–Kier alpha value is -3.88. The second-order valence-corrected chi connectivity index (χ2v) is 7.93. The molecule has 2 aromatic carbocycles. The number of benzene rings is 2. The second kappa shape index (κ2) is 9.54. The minimum Gasteiger partial charge on any atom is -0.480 e. The van der Waals surface area contributed by atoms with Gasteiger partial charge in [-0.3, -0.25) is 4.98 Å². The molecule has 0 saturated carbocycles. The van der Waals surface area contributed by atoms with E-state index in [9.17, 15) is 27.9 Å². The number of ether oxygens (including phenoxy) is 1. The molecule has 1 aliphatic carbocycles. The number of hydrogen-bond donors (Lipinski definition) is 2. The lowest BCUT2D eigenvalue weighted by atomic mass is 9.98. The molecule has 9 heteroatoms. The number of carbonyl (C=O) groups is 2. The molecule has 0 bridgehead atoms. The van der Waals surface area contributed by atoms with Crippen LogP contribution in [0.1, 0.15) is 34.6 Å². The molecule has 0 aliphatic heterocycles. The zero-order chi connectivity index (χ0) is 24.3. The molecule has 2 N–H and O–H groups in total. The summed E-state index contributed by atoms with van der Waals surface area (Å²) < 4.78 is 44.8. The highest BCUT2D eigenvalue weighted by molar-refractivity contribution is 5.81. The summed E-state index contributed by atoms with van der Waals surface area (Å²) in [5, 5.41) is 11.7. The summed E-state index contributed by atoms with van der Waals surface area (Å²) >= 11 is 0. The van der Waals surface area contributed by atoms with Crippen molar-refractivity contribution in [3.8, 4) is 11.1 Å². The second-order valence-electron chi connectivity index (χ2n) is 7.93. The monoisotopic (exact) mass is 470 g/mol. The first kappa shape index (κ1) is 23.3. The van der Waals surface area contributed by atoms with Crippen LogP contribution < -0.4 is 5.32 Å². The van der Waals surface area contributed by atoms with Crippen LogP contribution in [0.15, 0.2) is 67.0 Å². The number of rotatable bonds is 7. The predicted octanol–water partition coefficient (Wildman–Crippen LogP) is 5.02. The Balaban J connectivity index is 1.40. The van der Waals surface area contributed by atoms with E-state index in [0.717, 1.165) is 22.3 Å². The quantitative estimate of drug-likeness (QED) is 0.506. The zero-order valence-corrected chi connectivity index (χ0v) is 17.9. The molecule has 0 fully saturated rings. The van der Waals surface area contributed by atoms with Crippen LogP contribution in [0.4, 0.5) is 18.0 Å². The van der Waals surface area contributed by atoms with E-state index in [-0.39, 0.29) is 30.9 Å². The van der Waals surface area contributed by atoms with Gasteiger partial charge in [0, 0.05) is 18.3 Å². The van der Waals surface area contributed by atoms with Crippen molar-refractivity contribution in [2.75, 3.05) is 6.61 Å². The minimum absolute atomic E-state index is 0.00518. The van der Waals surface area contributed by atoms with E-state index in [4.69, 9.17) is 4.74 Å². The van der Waals surface area contributed by atoms with Gasteiger partial charge in [0.1, 0.15) is 12.6 Å². The molecule has 1 aliphatic rings. The van der Waals surface area contributed by atoms with E-state index in [1.54, 1.807) is 0 Å². The number of fused-ring (bicyclic) bond motifs is 3. The van der Waals surface area contributed by atoms with Crippen molar-refractivity contribution >= 4 is 12.1 Å². The van der Waals surface area contributed by atoms with Crippen LogP contribution in [0.25, 0.3) is 11.1 Å². The first-order chi connectivity index (χ1) is 16.3. The number of carboxylic acids is 1. The number of nitrogens with zero attached hydrogens (tertiary/aromatic N) is 1. The van der Waals surface area contributed by atoms with Gasteiger partial charge in [0.2, 0.25) is 0 Å². The van der Waals surface area contributed by atoms with E-state index < -0.39 is 29.8 Å². The third kappa shape index (κ3) is 4.88. The number of halogens is 3. The number of hydrogen-bond acceptors (Lipinski definition) is 4. The summed E-state index contributed by atoms with van der Waals surface area (Å²) in [6, 6.07) is 15.3. The maximum absolute atomic E-state index is 13.2. The largest absolute Gasteiger partial charge is 0.480 e. The highest BCUT2D eigenvalue weighted by atomic mass is 19.4. The molecule has 1 heterocycles. The van der Waals surface area contributed by atoms with Gasteiger partial charge in [-0.15, -0.1) is 0 Å². The van der Waals surface area contributed by atoms with Crippen LogP contribution in [-0.2, 0) is 22.1 Å². The maximum Gasteiger partial charge on any atom is 0.418 e. The van der Waals surface area contributed by atoms with Gasteiger partial charge in [-0.05, 0) is 46.7 Å². The Labute approximate surface area is 193 Å². The van der Waals surface area contributed by atoms with Crippen LogP contribution in [0.3, 0.4) is 0 Å². The SMILES string of the molecule is O=C(N[C@@H](CCc1ccncc1C(F)(F)F)C(=O)O)OCC1c2ccccc2-c2ccccc21. The third-order valence-corrected chi connectivity index (χ3v) is 5.85. The van der Waals surface area contributed by atoms with Crippen LogP contribution >= 0.6 is 0 Å². The van der Waals surface area contributed by atoms with Crippen molar-refractivity contribution in [1.82, 2.24) is 10.3 Å². The number of alkyl carbamates (subject to hydrolysis) is 1. The molecule has 0 saturated heterocycles. The Morgan fingerprint density at radius 3 is 2.24 bits per heavy atom. The van der Waals surface area contributed by atoms with Gasteiger partial charge in [-0.2, -0.15) is 13.2 Å². The molecular weight excluding hydrogens is 449 g/mol. The standard InChI is InChI=1S/C25H21F3N2O4/c26-25(27,28)21-13-29-12-11-15(21)9-10-22(23(31)32)30-24(33)34-14-20-18-7-3-1-5-16(18)17-6-2-4-8-19(17)20/h1-8,11-13,20,22H,9-10,14H2,(H,30,33)(H,31,32)/t22-/m0/s1. The van der Waals surface area contributed by atoms with Gasteiger partial charge in [0.15, 0.2) is 0 Å². The number of amides is 1. The highest BCUT2D eigenvalue weighted by Gasteiger charge is 2.34. The van der Waals surface area contributed by atoms with Gasteiger partial charge in [0.25, 0.3) is 0 Å². The third-order valence-electron chi connectivity index (χ3n) is 5.85. The van der Waals surface area contributed by atoms with Crippen LogP contribution in [0, 0.1) is 0 Å². The summed E-state index contributed by atoms with van der Waals surface area (Å²) in [7, 11) is 0. The lowest BCUT2D eigenvalue weighted by Gasteiger charge is -2.18. The van der Waals surface area contributed by atoms with Crippen molar-refractivity contribution < 1.29 is 32.6 Å². The summed E-state index contributed by atoms with van der Waals surface area (Å²) in [4.78, 5) is 27.5. The average Bonchev–Trinajstić information content (AvgIpc) is 3.13. The molecule has 1 amide bonds. The van der Waals surface area contributed by atoms with Crippen LogP contribution in [0.5, 0.6) is 0 Å². The first-order valence-electron chi connectivity index (χ1n) is 10.6. The molecular formula is C25H21F3N2O4. The molecule has 1 aromatic heterocycles. The number of aromatic nitrogens is 1. The van der Waals surface area contributed by atoms with Crippen LogP contribution in [-0.4, -0.2) is 34.8 Å². The smallest absolute Gasteiger partial charge is 0.418 e. The molecule has 176 valence electrons. The van der Waals surface area contributed by atoms with Gasteiger partial charge in [-0.25, -0.2) is 9.59 Å². The maximum atomic E-state index is 13.2. The van der Waals surface area contributed by atoms with Crippen molar-refractivity contribution in [2.24, 2.45) is 0 Å². The molecule has 34 heavy (non-hydrogen) atoms. The van der Waals surface area contributed by atoms with Crippen molar-refractivity contribution in [1.29, 1.82) is 0 Å². The molecule has 4 rings (SSSR count). The lowest BCUT2D eigenvalue weighted by Crippen LogP contribution is -2.41. The summed E-state index contributed by atoms with van der Waals surface area (Å²) in [5.41, 5.74) is 3.08. The molecule has 1 atom stereocenters. The first-order valence-corrected chi connectivity index (χ1v) is 10.6. The van der Waals surface area contributed by atoms with E-state index in [1.807, 2.05) is 48.5 Å². The average molecular weight is 470 g/mol. The minimum atomic E-state index is -4.61. The number of alkyl halides is 3. The Morgan fingerprint density at radius 1 is 1.03 bits per heavy atom. The summed E-state index contributed by atoms with van der Waals surface area (Å²) in [5.74, 6) is -1.57. The van der Waals surface area contributed by atoms with Gasteiger partial charge in [0.05, 0.1) is 5.56 Å². The van der Waals surface area contributed by atoms with Gasteiger partial charge >= 0.3 is 18.2 Å². The number of carbonyl (C=O) groups excluding carboxylic acids is 1. The van der Waals surface area contributed by atoms with Gasteiger partial charge < -0.3 is 15.2 Å². The Morgan fingerprint density at radius 2 is 1.65 bits per heavy atom. The van der Waals surface area contributed by atoms with E-state index in [2.05, 4.69) is 10.3 Å². The highest BCUT2D eigenvalue weighted by Crippen LogP contribution is 2.44. The summed E-state index contributed by atoms with van der Waals surface area (Å²) in [6.45, 7) is -0.00518. The Kier molecular flexibility index (Phi) is 6.54. The molecule has 0 unspecified atom stereocenters. The fourth-order valence-electron chi connectivity index (χ4n) is 4.24. The van der Waals surface area contributed by atoms with E-state index in [0.29, 0.717) is 6.20 Å². The fourth-order valence-corrected chi connectivity index (χ4v) is 4.24. The van der Waals surface area contributed by atoms with Crippen LogP contribution in [0.2, 0.25) is 0 Å². The number of aryl methyl sites for hydroxylation is 1. The Bertz CT molecular complexity index is 1170. The molecule has 0 radical (unpaired) electrons. The zero-order valence-electron chi connectivity index (χ0n) is 17.9. The number of nitrogens with one attached hydrogen (secondary N) is 1. The topological polar surface area (TPSA) is 88.5 Å². The van der Waals surface area contributed by atoms with E-state index in [1.165, 1.54) is 12.3 Å². The van der Waals surface area contributed by atoms with Gasteiger partial charge in [-0.1, -0.05) is 48.5 Å².